The number of rotatable bonds is 8. The molecule has 9 nitrogen and oxygen atoms in total. The van der Waals surface area contributed by atoms with E-state index in [0.29, 0.717) is 37.7 Å². The first-order valence-corrected chi connectivity index (χ1v) is 16.8. The molecular formula is C33H50ClN5O4. The van der Waals surface area contributed by atoms with Crippen LogP contribution in [-0.4, -0.2) is 108 Å². The zero-order chi connectivity index (χ0) is 30.5. The van der Waals surface area contributed by atoms with Gasteiger partial charge < -0.3 is 29.7 Å². The number of nitrogens with one attached hydrogen (secondary N) is 1. The van der Waals surface area contributed by atoms with E-state index in [-0.39, 0.29) is 54.2 Å². The molecule has 4 fully saturated rings. The molecule has 43 heavy (non-hydrogen) atoms. The predicted molar refractivity (Wildman–Crippen MR) is 168 cm³/mol. The minimum absolute atomic E-state index is 0.101. The van der Waals surface area contributed by atoms with Crippen molar-refractivity contribution >= 4 is 29.6 Å². The van der Waals surface area contributed by atoms with Crippen molar-refractivity contribution in [1.29, 1.82) is 0 Å². The van der Waals surface area contributed by atoms with Gasteiger partial charge in [-0.2, -0.15) is 0 Å². The van der Waals surface area contributed by atoms with Crippen molar-refractivity contribution in [3.63, 3.8) is 0 Å². The molecule has 0 unspecified atom stereocenters. The van der Waals surface area contributed by atoms with Crippen LogP contribution in [0, 0.1) is 5.92 Å². The van der Waals surface area contributed by atoms with Crippen molar-refractivity contribution < 1.29 is 19.1 Å². The maximum absolute atomic E-state index is 14.2. The van der Waals surface area contributed by atoms with Gasteiger partial charge in [-0.25, -0.2) is 9.59 Å². The summed E-state index contributed by atoms with van der Waals surface area (Å²) in [7, 11) is 3.69. The second-order valence-corrected chi connectivity index (χ2v) is 13.8. The Morgan fingerprint density at radius 1 is 1.00 bits per heavy atom. The maximum atomic E-state index is 14.2. The molecule has 4 aliphatic rings. The van der Waals surface area contributed by atoms with Crippen molar-refractivity contribution in [2.45, 2.75) is 108 Å². The van der Waals surface area contributed by atoms with E-state index in [4.69, 9.17) is 16.3 Å². The van der Waals surface area contributed by atoms with Gasteiger partial charge in [0.2, 0.25) is 5.91 Å². The van der Waals surface area contributed by atoms with Gasteiger partial charge in [-0.1, -0.05) is 49.9 Å². The van der Waals surface area contributed by atoms with Crippen LogP contribution < -0.4 is 5.32 Å². The van der Waals surface area contributed by atoms with Crippen LogP contribution in [-0.2, 0) is 16.0 Å². The Labute approximate surface area is 262 Å². The van der Waals surface area contributed by atoms with Crippen molar-refractivity contribution in [3.05, 3.63) is 34.9 Å². The van der Waals surface area contributed by atoms with Crippen LogP contribution in [0.3, 0.4) is 0 Å². The second-order valence-electron chi connectivity index (χ2n) is 13.4. The zero-order valence-electron chi connectivity index (χ0n) is 26.2. The Morgan fingerprint density at radius 3 is 2.30 bits per heavy atom. The van der Waals surface area contributed by atoms with Crippen LogP contribution in [0.1, 0.15) is 76.7 Å². The SMILES string of the molecule is C[C@@H]1CN(C(=O)[C@@H](Cc2ccc(Cl)cc2)NC2CCC(N3CCOC3=O)CC2)CC[C@H]1N(C(=O)N(C)C)C1CCCCC1. The molecule has 1 aromatic carbocycles. The van der Waals surface area contributed by atoms with Gasteiger partial charge >= 0.3 is 12.1 Å². The number of hydrogen-bond acceptors (Lipinski definition) is 5. The summed E-state index contributed by atoms with van der Waals surface area (Å²) in [6, 6.07) is 8.38. The van der Waals surface area contributed by atoms with E-state index in [2.05, 4.69) is 17.1 Å². The molecule has 2 aliphatic carbocycles. The summed E-state index contributed by atoms with van der Waals surface area (Å²) in [4.78, 5) is 47.5. The minimum atomic E-state index is -0.346. The van der Waals surface area contributed by atoms with E-state index in [9.17, 15) is 14.4 Å². The van der Waals surface area contributed by atoms with Gasteiger partial charge in [-0.15, -0.1) is 0 Å². The lowest BCUT2D eigenvalue weighted by atomic mass is 9.87. The molecule has 4 amide bonds. The van der Waals surface area contributed by atoms with Crippen LogP contribution in [0.5, 0.6) is 0 Å². The molecule has 5 rings (SSSR count). The standard InChI is InChI=1S/C33H50ClN5O4/c1-23-22-37(18-17-30(23)39(32(41)36(2)3)28-7-5-4-6-8-28)31(40)29(21-24-9-11-25(34)12-10-24)35-26-13-15-27(16-14-26)38-19-20-43-33(38)42/h9-12,23,26-30,35H,4-8,13-22H2,1-3H3/t23-,26?,27?,29-,30-/m1/s1. The first kappa shape index (κ1) is 31.9. The first-order valence-electron chi connectivity index (χ1n) is 16.4. The predicted octanol–water partition coefficient (Wildman–Crippen LogP) is 5.16. The van der Waals surface area contributed by atoms with Crippen molar-refractivity contribution in [2.24, 2.45) is 5.92 Å². The van der Waals surface area contributed by atoms with E-state index in [0.717, 1.165) is 50.5 Å². The highest BCUT2D eigenvalue weighted by Gasteiger charge is 2.41. The molecule has 2 saturated carbocycles. The van der Waals surface area contributed by atoms with E-state index in [1.54, 1.807) is 4.90 Å². The number of carbonyl (C=O) groups is 3. The first-order chi connectivity index (χ1) is 20.7. The van der Waals surface area contributed by atoms with Crippen LogP contribution in [0.4, 0.5) is 9.59 Å². The molecule has 0 spiro atoms. The third-order valence-electron chi connectivity index (χ3n) is 10.1. The van der Waals surface area contributed by atoms with Crippen LogP contribution in [0.15, 0.2) is 24.3 Å². The molecule has 3 atom stereocenters. The third kappa shape index (κ3) is 7.77. The van der Waals surface area contributed by atoms with Crippen molar-refractivity contribution in [3.8, 4) is 0 Å². The van der Waals surface area contributed by atoms with Crippen LogP contribution >= 0.6 is 11.6 Å². The molecule has 0 aromatic heterocycles. The van der Waals surface area contributed by atoms with Gasteiger partial charge in [-0.3, -0.25) is 4.79 Å². The third-order valence-corrected chi connectivity index (χ3v) is 10.4. The fraction of sp³-hybridized carbons (Fsp3) is 0.727. The van der Waals surface area contributed by atoms with Crippen LogP contribution in [0.25, 0.3) is 0 Å². The second kappa shape index (κ2) is 14.5. The van der Waals surface area contributed by atoms with Gasteiger partial charge in [0.1, 0.15) is 6.61 Å². The number of piperidine rings is 1. The number of cyclic esters (lactones) is 1. The lowest BCUT2D eigenvalue weighted by molar-refractivity contribution is -0.136. The summed E-state index contributed by atoms with van der Waals surface area (Å²) in [5, 5.41) is 4.43. The highest BCUT2D eigenvalue weighted by molar-refractivity contribution is 6.30. The van der Waals surface area contributed by atoms with Crippen molar-refractivity contribution in [1.82, 2.24) is 24.9 Å². The van der Waals surface area contributed by atoms with E-state index in [1.807, 2.05) is 48.2 Å². The fourth-order valence-electron chi connectivity index (χ4n) is 7.78. The number of ether oxygens (including phenoxy) is 1. The number of nitrogens with zero attached hydrogens (tertiary/aromatic N) is 4. The molecule has 2 saturated heterocycles. The smallest absolute Gasteiger partial charge is 0.410 e. The Morgan fingerprint density at radius 2 is 1.70 bits per heavy atom. The molecule has 2 heterocycles. The van der Waals surface area contributed by atoms with Gasteiger partial charge in [0, 0.05) is 56.4 Å². The average Bonchev–Trinajstić information content (AvgIpc) is 3.45. The summed E-state index contributed by atoms with van der Waals surface area (Å²) in [6.45, 7) is 4.66. The minimum Gasteiger partial charge on any atom is -0.448 e. The fourth-order valence-corrected chi connectivity index (χ4v) is 7.90. The monoisotopic (exact) mass is 615 g/mol. The average molecular weight is 616 g/mol. The zero-order valence-corrected chi connectivity index (χ0v) is 26.9. The molecular weight excluding hydrogens is 566 g/mol. The lowest BCUT2D eigenvalue weighted by Gasteiger charge is -2.48. The highest BCUT2D eigenvalue weighted by atomic mass is 35.5. The van der Waals surface area contributed by atoms with Gasteiger partial charge in [0.15, 0.2) is 0 Å². The summed E-state index contributed by atoms with van der Waals surface area (Å²) in [5.74, 6) is 0.323. The molecule has 238 valence electrons. The number of benzene rings is 1. The number of amides is 4. The quantitative estimate of drug-likeness (QED) is 0.437. The van der Waals surface area contributed by atoms with Crippen molar-refractivity contribution in [2.75, 3.05) is 40.3 Å². The van der Waals surface area contributed by atoms with Gasteiger partial charge in [0.25, 0.3) is 0 Å². The number of halogens is 1. The maximum Gasteiger partial charge on any atom is 0.410 e. The summed E-state index contributed by atoms with van der Waals surface area (Å²) in [6.07, 6.45) is 10.6. The summed E-state index contributed by atoms with van der Waals surface area (Å²) in [5.41, 5.74) is 1.08. The number of urea groups is 1. The topological polar surface area (TPSA) is 85.4 Å². The number of likely N-dealkylation sites (tertiary alicyclic amines) is 1. The Bertz CT molecular complexity index is 1100. The van der Waals surface area contributed by atoms with Gasteiger partial charge in [-0.05, 0) is 75.0 Å². The van der Waals surface area contributed by atoms with Gasteiger partial charge in [0.05, 0.1) is 12.6 Å². The Balaban J connectivity index is 1.25. The molecule has 1 aromatic rings. The Hall–Kier alpha value is -2.52. The Kier molecular flexibility index (Phi) is 10.8. The molecule has 0 bridgehead atoms. The lowest BCUT2D eigenvalue weighted by Crippen LogP contribution is -2.60. The number of hydrogen-bond donors (Lipinski definition) is 1. The largest absolute Gasteiger partial charge is 0.448 e. The molecule has 10 heteroatoms. The van der Waals surface area contributed by atoms with E-state index in [1.165, 1.54) is 19.3 Å². The normalized spacial score (nSPS) is 27.5. The molecule has 0 radical (unpaired) electrons. The molecule has 1 N–H and O–H groups in total. The summed E-state index contributed by atoms with van der Waals surface area (Å²) >= 11 is 6.16. The molecule has 2 aliphatic heterocycles. The number of carbonyl (C=O) groups excluding carboxylic acids is 3. The van der Waals surface area contributed by atoms with E-state index >= 15 is 0 Å². The van der Waals surface area contributed by atoms with E-state index < -0.39 is 0 Å². The summed E-state index contributed by atoms with van der Waals surface area (Å²) < 4.78 is 5.16. The van der Waals surface area contributed by atoms with Crippen LogP contribution in [0.2, 0.25) is 5.02 Å². The highest BCUT2D eigenvalue weighted by Crippen LogP contribution is 2.32.